The van der Waals surface area contributed by atoms with E-state index in [-0.39, 0.29) is 25.0 Å². The molecule has 1 fully saturated rings. The molecule has 0 amide bonds. The van der Waals surface area contributed by atoms with Crippen molar-refractivity contribution in [3.8, 4) is 0 Å². The van der Waals surface area contributed by atoms with Crippen LogP contribution in [0.2, 0.25) is 5.02 Å². The standard InChI is InChI=1S/C41H41ClN2O7/c1-30(34-13-8-14-35(29-34)40(47)33-11-6-3-7-12-33)41(48)51-38(46)20-19-37(45)50-28-27-49-26-25-43-21-23-44(24-22-43)39(31-9-4-2-5-10-31)32-15-17-36(42)18-16-32/h2-20,29-30,39H,21-28H2,1H3/b20-19+. The summed E-state index contributed by atoms with van der Waals surface area (Å²) in [6, 6.07) is 34.1. The van der Waals surface area contributed by atoms with Crippen LogP contribution in [0.4, 0.5) is 0 Å². The molecule has 1 aliphatic heterocycles. The average molecular weight is 709 g/mol. The summed E-state index contributed by atoms with van der Waals surface area (Å²) in [7, 11) is 0. The third kappa shape index (κ3) is 11.0. The monoisotopic (exact) mass is 708 g/mol. The summed E-state index contributed by atoms with van der Waals surface area (Å²) in [5, 5.41) is 0.722. The second kappa shape index (κ2) is 18.9. The maximum atomic E-state index is 12.8. The Morgan fingerprint density at radius 1 is 0.686 bits per heavy atom. The van der Waals surface area contributed by atoms with Crippen molar-refractivity contribution in [2.75, 3.05) is 52.5 Å². The van der Waals surface area contributed by atoms with Gasteiger partial charge in [0.15, 0.2) is 5.78 Å². The first-order valence-electron chi connectivity index (χ1n) is 16.9. The van der Waals surface area contributed by atoms with E-state index in [4.69, 9.17) is 25.8 Å². The topological polar surface area (TPSA) is 102 Å². The number of carbonyl (C=O) groups is 4. The predicted octanol–water partition coefficient (Wildman–Crippen LogP) is 6.27. The van der Waals surface area contributed by atoms with Crippen molar-refractivity contribution in [3.05, 3.63) is 154 Å². The van der Waals surface area contributed by atoms with Crippen molar-refractivity contribution in [3.63, 3.8) is 0 Å². The van der Waals surface area contributed by atoms with Gasteiger partial charge in [-0.25, -0.2) is 9.59 Å². The molecule has 264 valence electrons. The van der Waals surface area contributed by atoms with Gasteiger partial charge in [0, 0.05) is 61.0 Å². The number of nitrogens with zero attached hydrogens (tertiary/aromatic N) is 2. The number of piperazine rings is 1. The minimum Gasteiger partial charge on any atom is -0.460 e. The second-order valence-corrected chi connectivity index (χ2v) is 12.6. The van der Waals surface area contributed by atoms with Gasteiger partial charge in [0.2, 0.25) is 0 Å². The smallest absolute Gasteiger partial charge is 0.338 e. The average Bonchev–Trinajstić information content (AvgIpc) is 3.17. The first-order chi connectivity index (χ1) is 24.8. The Morgan fingerprint density at radius 3 is 2.00 bits per heavy atom. The van der Waals surface area contributed by atoms with E-state index in [0.29, 0.717) is 23.3 Å². The number of hydrogen-bond donors (Lipinski definition) is 0. The zero-order chi connectivity index (χ0) is 36.0. The molecule has 9 nitrogen and oxygen atoms in total. The molecule has 0 bridgehead atoms. The molecule has 0 spiro atoms. The fraction of sp³-hybridized carbons (Fsp3) is 0.268. The molecule has 4 aromatic carbocycles. The van der Waals surface area contributed by atoms with Gasteiger partial charge in [-0.05, 0) is 41.8 Å². The van der Waals surface area contributed by atoms with Gasteiger partial charge in [-0.2, -0.15) is 0 Å². The van der Waals surface area contributed by atoms with E-state index in [1.165, 1.54) is 11.1 Å². The summed E-state index contributed by atoms with van der Waals surface area (Å²) in [6.07, 6.45) is 1.75. The summed E-state index contributed by atoms with van der Waals surface area (Å²) in [6.45, 7) is 6.65. The van der Waals surface area contributed by atoms with Gasteiger partial charge in [0.25, 0.3) is 0 Å². The van der Waals surface area contributed by atoms with Gasteiger partial charge in [-0.1, -0.05) is 103 Å². The van der Waals surface area contributed by atoms with Crippen LogP contribution in [-0.2, 0) is 28.6 Å². The molecule has 0 N–H and O–H groups in total. The molecule has 2 unspecified atom stereocenters. The Labute approximate surface area is 303 Å². The van der Waals surface area contributed by atoms with Gasteiger partial charge >= 0.3 is 17.9 Å². The minimum absolute atomic E-state index is 0.0137. The van der Waals surface area contributed by atoms with Gasteiger partial charge in [0.1, 0.15) is 6.61 Å². The summed E-state index contributed by atoms with van der Waals surface area (Å²) in [4.78, 5) is 54.5. The maximum Gasteiger partial charge on any atom is 0.338 e. The Morgan fingerprint density at radius 2 is 1.29 bits per heavy atom. The fourth-order valence-corrected chi connectivity index (χ4v) is 6.01. The first-order valence-corrected chi connectivity index (χ1v) is 17.3. The van der Waals surface area contributed by atoms with Gasteiger partial charge in [-0.15, -0.1) is 0 Å². The van der Waals surface area contributed by atoms with E-state index < -0.39 is 23.8 Å². The highest BCUT2D eigenvalue weighted by Crippen LogP contribution is 2.30. The van der Waals surface area contributed by atoms with Crippen LogP contribution < -0.4 is 0 Å². The molecular formula is C41H41ClN2O7. The van der Waals surface area contributed by atoms with Crippen molar-refractivity contribution < 1.29 is 33.4 Å². The van der Waals surface area contributed by atoms with Gasteiger partial charge in [0.05, 0.1) is 25.2 Å². The number of hydrogen-bond acceptors (Lipinski definition) is 9. The van der Waals surface area contributed by atoms with Crippen molar-refractivity contribution in [1.29, 1.82) is 0 Å². The lowest BCUT2D eigenvalue weighted by Crippen LogP contribution is -2.48. The molecule has 0 aliphatic carbocycles. The Hall–Kier alpha value is -4.93. The third-order valence-electron chi connectivity index (χ3n) is 8.69. The predicted molar refractivity (Wildman–Crippen MR) is 194 cm³/mol. The molecule has 51 heavy (non-hydrogen) atoms. The Balaban J connectivity index is 0.970. The molecular weight excluding hydrogens is 668 g/mol. The van der Waals surface area contributed by atoms with Crippen LogP contribution in [0.3, 0.4) is 0 Å². The van der Waals surface area contributed by atoms with Gasteiger partial charge in [-0.3, -0.25) is 19.4 Å². The Kier molecular flexibility index (Phi) is 13.8. The molecule has 1 heterocycles. The van der Waals surface area contributed by atoms with Crippen molar-refractivity contribution >= 4 is 35.3 Å². The lowest BCUT2D eigenvalue weighted by Gasteiger charge is -2.39. The summed E-state index contributed by atoms with van der Waals surface area (Å²) in [5.41, 5.74) is 3.92. The van der Waals surface area contributed by atoms with E-state index in [1.54, 1.807) is 55.5 Å². The third-order valence-corrected chi connectivity index (χ3v) is 8.94. The summed E-state index contributed by atoms with van der Waals surface area (Å²) < 4.78 is 15.7. The van der Waals surface area contributed by atoms with Crippen LogP contribution >= 0.6 is 11.6 Å². The molecule has 0 radical (unpaired) electrons. The molecule has 1 saturated heterocycles. The molecule has 0 saturated carbocycles. The Bertz CT molecular complexity index is 1790. The number of ketones is 1. The molecule has 2 atom stereocenters. The van der Waals surface area contributed by atoms with Crippen molar-refractivity contribution in [1.82, 2.24) is 9.80 Å². The van der Waals surface area contributed by atoms with E-state index in [1.807, 2.05) is 24.3 Å². The molecule has 5 rings (SSSR count). The molecule has 1 aliphatic rings. The van der Waals surface area contributed by atoms with Crippen LogP contribution in [0, 0.1) is 0 Å². The number of rotatable bonds is 15. The van der Waals surface area contributed by atoms with Crippen LogP contribution in [0.15, 0.2) is 121 Å². The number of esters is 3. The number of halogens is 1. The van der Waals surface area contributed by atoms with Crippen LogP contribution in [-0.4, -0.2) is 86.0 Å². The van der Waals surface area contributed by atoms with Crippen molar-refractivity contribution in [2.45, 2.75) is 18.9 Å². The number of benzene rings is 4. The second-order valence-electron chi connectivity index (χ2n) is 12.1. The maximum absolute atomic E-state index is 12.8. The van der Waals surface area contributed by atoms with E-state index in [2.05, 4.69) is 46.2 Å². The zero-order valence-corrected chi connectivity index (χ0v) is 29.2. The lowest BCUT2D eigenvalue weighted by molar-refractivity contribution is -0.157. The largest absolute Gasteiger partial charge is 0.460 e. The van der Waals surface area contributed by atoms with Gasteiger partial charge < -0.3 is 14.2 Å². The number of ether oxygens (including phenoxy) is 3. The SMILES string of the molecule is CC(C(=O)OC(=O)/C=C/C(=O)OCCOCCN1CCN(C(c2ccccc2)c2ccc(Cl)cc2)CC1)c1cccc(C(=O)c2ccccc2)c1. The van der Waals surface area contributed by atoms with Crippen molar-refractivity contribution in [2.24, 2.45) is 0 Å². The zero-order valence-electron chi connectivity index (χ0n) is 28.5. The molecule has 4 aromatic rings. The molecule has 10 heteroatoms. The highest BCUT2D eigenvalue weighted by Gasteiger charge is 2.26. The lowest BCUT2D eigenvalue weighted by atomic mass is 9.96. The quantitative estimate of drug-likeness (QED) is 0.0465. The normalized spacial score (nSPS) is 14.9. The first kappa shape index (κ1) is 37.3. The van der Waals surface area contributed by atoms with Crippen LogP contribution in [0.5, 0.6) is 0 Å². The summed E-state index contributed by atoms with van der Waals surface area (Å²) >= 11 is 6.16. The van der Waals surface area contributed by atoms with E-state index in [0.717, 1.165) is 49.9 Å². The molecule has 0 aromatic heterocycles. The van der Waals surface area contributed by atoms with Crippen LogP contribution in [0.25, 0.3) is 0 Å². The highest BCUT2D eigenvalue weighted by molar-refractivity contribution is 6.30. The highest BCUT2D eigenvalue weighted by atomic mass is 35.5. The van der Waals surface area contributed by atoms with E-state index >= 15 is 0 Å². The van der Waals surface area contributed by atoms with Crippen LogP contribution in [0.1, 0.15) is 51.5 Å². The summed E-state index contributed by atoms with van der Waals surface area (Å²) in [5.74, 6) is -3.57. The number of carbonyl (C=O) groups excluding carboxylic acids is 4. The fourth-order valence-electron chi connectivity index (χ4n) is 5.88. The van der Waals surface area contributed by atoms with E-state index in [9.17, 15) is 19.2 Å². The minimum atomic E-state index is -1.00.